The lowest BCUT2D eigenvalue weighted by Crippen LogP contribution is -2.58. The number of pyridine rings is 1. The van der Waals surface area contributed by atoms with Crippen molar-refractivity contribution in [3.63, 3.8) is 0 Å². The number of hydrogen-bond acceptors (Lipinski definition) is 8. The van der Waals surface area contributed by atoms with E-state index in [4.69, 9.17) is 19.7 Å². The Morgan fingerprint density at radius 3 is 2.42 bits per heavy atom. The minimum atomic E-state index is -2.81. The molecule has 0 spiro atoms. The van der Waals surface area contributed by atoms with Crippen molar-refractivity contribution in [1.29, 1.82) is 0 Å². The van der Waals surface area contributed by atoms with E-state index in [0.29, 0.717) is 11.3 Å². The molecule has 2 aromatic carbocycles. The van der Waals surface area contributed by atoms with Gasteiger partial charge in [0.2, 0.25) is 11.8 Å². The average molecular weight is 552 g/mol. The van der Waals surface area contributed by atoms with E-state index in [0.717, 1.165) is 5.56 Å². The van der Waals surface area contributed by atoms with Gasteiger partial charge in [-0.1, -0.05) is 59.7 Å². The maximum absolute atomic E-state index is 13.8. The molecule has 5 atom stereocenters. The first-order valence-electron chi connectivity index (χ1n) is 12.7. The van der Waals surface area contributed by atoms with Crippen molar-refractivity contribution in [2.45, 2.75) is 29.1 Å². The zero-order valence-corrected chi connectivity index (χ0v) is 21.7. The van der Waals surface area contributed by atoms with Gasteiger partial charge in [0, 0.05) is 35.0 Å². The van der Waals surface area contributed by atoms with Crippen LogP contribution < -0.4 is 14.2 Å². The van der Waals surface area contributed by atoms with Gasteiger partial charge in [-0.15, -0.1) is 0 Å². The molecule has 2 fully saturated rings. The number of aliphatic hydroxyl groups excluding tert-OH is 1. The van der Waals surface area contributed by atoms with Crippen LogP contribution >= 0.6 is 0 Å². The first-order valence-corrected chi connectivity index (χ1v) is 12.7. The minimum absolute atomic E-state index is 0.00595. The zero-order valence-electron chi connectivity index (χ0n) is 21.7. The van der Waals surface area contributed by atoms with E-state index < -0.39 is 48.2 Å². The van der Waals surface area contributed by atoms with Gasteiger partial charge in [-0.25, -0.2) is 8.78 Å². The summed E-state index contributed by atoms with van der Waals surface area (Å²) in [4.78, 5) is 8.75. The van der Waals surface area contributed by atoms with Gasteiger partial charge in [-0.3, -0.25) is 4.90 Å². The predicted octanol–water partition coefficient (Wildman–Crippen LogP) is 4.24. The summed E-state index contributed by atoms with van der Waals surface area (Å²) in [5.74, 6) is -3.86. The molecule has 2 N–H and O–H groups in total. The number of benzene rings is 2. The summed E-state index contributed by atoms with van der Waals surface area (Å²) in [6.07, 6.45) is -1.48. The van der Waals surface area contributed by atoms with Gasteiger partial charge in [-0.05, 0) is 16.7 Å². The number of ether oxygens (including phenoxy) is 3. The minimum Gasteiger partial charge on any atom is -0.481 e. The topological polar surface area (TPSA) is 133 Å². The third-order valence-corrected chi connectivity index (χ3v) is 8.24. The number of aromatic nitrogens is 1. The summed E-state index contributed by atoms with van der Waals surface area (Å²) in [7, 11) is 2.82. The zero-order chi connectivity index (χ0) is 28.3. The van der Waals surface area contributed by atoms with E-state index >= 15 is 0 Å². The second kappa shape index (κ2) is 9.31. The molecule has 1 saturated carbocycles. The number of rotatable bonds is 7. The second-order valence-electron chi connectivity index (χ2n) is 10.4. The molecule has 0 bridgehead atoms. The van der Waals surface area contributed by atoms with E-state index in [-0.39, 0.29) is 29.6 Å². The van der Waals surface area contributed by atoms with Gasteiger partial charge in [0.25, 0.3) is 5.92 Å². The lowest BCUT2D eigenvalue weighted by atomic mass is 9.70. The molecule has 1 aromatic heterocycles. The molecule has 40 heavy (non-hydrogen) atoms. The number of halogens is 2. The number of methoxy groups -OCH3 is 2. The number of likely N-dealkylation sites (tertiary alicyclic amines) is 1. The predicted molar refractivity (Wildman–Crippen MR) is 139 cm³/mol. The van der Waals surface area contributed by atoms with E-state index in [9.17, 15) is 19.0 Å². The number of nitrogens with zero attached hydrogens (tertiary/aromatic N) is 5. The SMILES string of the molecule is COc1cc2c(c(OC)n1)[C@]1(O)[C@H](O)[C@H](CN3CC(F)(F)C3)[C@@H](c3ccccc3)[C@]1(c1ccc(N=[N+]=[N-])cc1)O2. The van der Waals surface area contributed by atoms with Crippen molar-refractivity contribution in [1.82, 2.24) is 9.88 Å². The maximum atomic E-state index is 13.8. The third-order valence-electron chi connectivity index (χ3n) is 8.24. The van der Waals surface area contributed by atoms with Gasteiger partial charge < -0.3 is 24.4 Å². The Labute approximate surface area is 228 Å². The fraction of sp³-hybridized carbons (Fsp3) is 0.393. The van der Waals surface area contributed by atoms with E-state index in [1.807, 2.05) is 30.3 Å². The van der Waals surface area contributed by atoms with Crippen LogP contribution in [0.2, 0.25) is 0 Å². The van der Waals surface area contributed by atoms with Crippen LogP contribution in [0.1, 0.15) is 22.6 Å². The Kier molecular flexibility index (Phi) is 6.11. The number of azide groups is 1. The summed E-state index contributed by atoms with van der Waals surface area (Å²) < 4.78 is 45.3. The van der Waals surface area contributed by atoms with Crippen LogP contribution in [0.5, 0.6) is 17.5 Å². The molecular formula is C28H27F2N5O5. The molecule has 3 heterocycles. The molecule has 3 aromatic rings. The Morgan fingerprint density at radius 1 is 1.12 bits per heavy atom. The molecule has 2 aliphatic heterocycles. The molecule has 10 nitrogen and oxygen atoms in total. The van der Waals surface area contributed by atoms with Crippen LogP contribution in [0.15, 0.2) is 65.8 Å². The van der Waals surface area contributed by atoms with Crippen LogP contribution in [-0.4, -0.2) is 66.0 Å². The molecule has 1 aliphatic carbocycles. The highest BCUT2D eigenvalue weighted by atomic mass is 19.3. The van der Waals surface area contributed by atoms with Crippen molar-refractivity contribution in [2.24, 2.45) is 11.0 Å². The van der Waals surface area contributed by atoms with Crippen LogP contribution in [0, 0.1) is 5.92 Å². The van der Waals surface area contributed by atoms with Crippen molar-refractivity contribution >= 4 is 5.69 Å². The highest BCUT2D eigenvalue weighted by Crippen LogP contribution is 2.70. The smallest absolute Gasteiger partial charge is 0.272 e. The normalized spacial score (nSPS) is 29.9. The van der Waals surface area contributed by atoms with Gasteiger partial charge in [0.15, 0.2) is 11.2 Å². The van der Waals surface area contributed by atoms with Gasteiger partial charge >= 0.3 is 0 Å². The maximum Gasteiger partial charge on any atom is 0.272 e. The lowest BCUT2D eigenvalue weighted by molar-refractivity contribution is -0.157. The Hall–Kier alpha value is -3.96. The number of alkyl halides is 2. The van der Waals surface area contributed by atoms with Crippen molar-refractivity contribution in [2.75, 3.05) is 33.9 Å². The van der Waals surface area contributed by atoms with Crippen molar-refractivity contribution in [3.8, 4) is 17.5 Å². The molecule has 0 amide bonds. The molecule has 3 aliphatic rings. The summed E-state index contributed by atoms with van der Waals surface area (Å²) >= 11 is 0. The first-order chi connectivity index (χ1) is 19.2. The molecule has 1 saturated heterocycles. The second-order valence-corrected chi connectivity index (χ2v) is 10.4. The standard InChI is InChI=1S/C28H27F2N5O5/c1-38-21-12-20-23(25(32-21)39-2)27(37)24(36)19(13-35-14-26(29,30)15-35)22(16-6-4-3-5-7-16)28(27,40-20)17-8-10-18(11-9-17)33-34-31/h3-12,19,22,24,36-37H,13-15H2,1-2H3/t19-,22-,24-,27+,28+/m1/s1. The highest BCUT2D eigenvalue weighted by Gasteiger charge is 2.77. The number of aliphatic hydroxyl groups is 2. The Balaban J connectivity index is 1.61. The molecule has 0 radical (unpaired) electrons. The van der Waals surface area contributed by atoms with E-state index in [1.54, 1.807) is 29.2 Å². The van der Waals surface area contributed by atoms with Crippen LogP contribution in [0.3, 0.4) is 0 Å². The largest absolute Gasteiger partial charge is 0.481 e. The molecule has 0 unspecified atom stereocenters. The van der Waals surface area contributed by atoms with Gasteiger partial charge in [0.1, 0.15) is 5.75 Å². The Morgan fingerprint density at radius 2 is 1.82 bits per heavy atom. The number of hydrogen-bond donors (Lipinski definition) is 2. The van der Waals surface area contributed by atoms with Gasteiger partial charge in [0.05, 0.1) is 39.0 Å². The fourth-order valence-electron chi connectivity index (χ4n) is 6.73. The van der Waals surface area contributed by atoms with Gasteiger partial charge in [-0.2, -0.15) is 4.98 Å². The van der Waals surface area contributed by atoms with Crippen LogP contribution in [0.25, 0.3) is 10.4 Å². The Bertz CT molecular complexity index is 1480. The highest BCUT2D eigenvalue weighted by molar-refractivity contribution is 5.60. The molecule has 12 heteroatoms. The monoisotopic (exact) mass is 551 g/mol. The van der Waals surface area contributed by atoms with E-state index in [1.165, 1.54) is 20.3 Å². The lowest BCUT2D eigenvalue weighted by Gasteiger charge is -2.43. The van der Waals surface area contributed by atoms with E-state index in [2.05, 4.69) is 15.0 Å². The summed E-state index contributed by atoms with van der Waals surface area (Å²) in [6, 6.07) is 17.3. The molecule has 208 valence electrons. The van der Waals surface area contributed by atoms with Crippen LogP contribution in [-0.2, 0) is 11.2 Å². The summed E-state index contributed by atoms with van der Waals surface area (Å²) in [6.45, 7) is -0.797. The first kappa shape index (κ1) is 26.3. The average Bonchev–Trinajstić information content (AvgIpc) is 3.30. The van der Waals surface area contributed by atoms with Crippen molar-refractivity contribution in [3.05, 3.63) is 87.8 Å². The quantitative estimate of drug-likeness (QED) is 0.255. The number of fused-ring (bicyclic) bond motifs is 3. The van der Waals surface area contributed by atoms with Crippen LogP contribution in [0.4, 0.5) is 14.5 Å². The summed E-state index contributed by atoms with van der Waals surface area (Å²) in [5.41, 5.74) is 6.83. The fourth-order valence-corrected chi connectivity index (χ4v) is 6.73. The van der Waals surface area contributed by atoms with Crippen molar-refractivity contribution < 1.29 is 33.2 Å². The molecular weight excluding hydrogens is 524 g/mol. The molecule has 6 rings (SSSR count). The third kappa shape index (κ3) is 3.64. The summed E-state index contributed by atoms with van der Waals surface area (Å²) in [5, 5.41) is 28.6.